The quantitative estimate of drug-likeness (QED) is 0.469. The molecule has 7 nitrogen and oxygen atoms in total. The van der Waals surface area contributed by atoms with Crippen LogP contribution in [0.5, 0.6) is 0 Å². The Bertz CT molecular complexity index is 1360. The number of Topliss-reactive ketones (excluding diaryl/α,β-unsaturated/α-hetero) is 1. The number of anilines is 1. The van der Waals surface area contributed by atoms with Gasteiger partial charge in [0.1, 0.15) is 0 Å². The molecule has 0 saturated carbocycles. The second kappa shape index (κ2) is 7.53. The van der Waals surface area contributed by atoms with E-state index >= 15 is 0 Å². The highest BCUT2D eigenvalue weighted by Crippen LogP contribution is 2.28. The first-order chi connectivity index (χ1) is 14.2. The predicted octanol–water partition coefficient (Wildman–Crippen LogP) is 4.24. The molecule has 0 bridgehead atoms. The van der Waals surface area contributed by atoms with Crippen LogP contribution >= 0.6 is 0 Å². The molecule has 0 radical (unpaired) electrons. The van der Waals surface area contributed by atoms with Crippen LogP contribution in [0.25, 0.3) is 21.9 Å². The van der Waals surface area contributed by atoms with Gasteiger partial charge >= 0.3 is 0 Å². The lowest BCUT2D eigenvalue weighted by atomic mass is 10.2. The van der Waals surface area contributed by atoms with Gasteiger partial charge in [0.25, 0.3) is 10.0 Å². The number of benzene rings is 2. The van der Waals surface area contributed by atoms with Crippen molar-refractivity contribution in [3.8, 4) is 0 Å². The zero-order valence-electron chi connectivity index (χ0n) is 17.0. The summed E-state index contributed by atoms with van der Waals surface area (Å²) in [5, 5.41) is 6.06. The van der Waals surface area contributed by atoms with Crippen molar-refractivity contribution >= 4 is 43.6 Å². The number of sulfonamides is 1. The Balaban J connectivity index is 1.81. The zero-order chi connectivity index (χ0) is 21.5. The number of ketones is 1. The Kier molecular flexibility index (Phi) is 5.03. The molecule has 0 unspecified atom stereocenters. The van der Waals surface area contributed by atoms with E-state index in [-0.39, 0.29) is 16.5 Å². The number of fused-ring (bicyclic) bond motifs is 2. The molecule has 0 amide bonds. The number of carbonyl (C=O) groups is 1. The van der Waals surface area contributed by atoms with Crippen LogP contribution in [-0.4, -0.2) is 29.0 Å². The van der Waals surface area contributed by atoms with Crippen LogP contribution in [-0.2, 0) is 16.6 Å². The molecule has 0 atom stereocenters. The largest absolute Gasteiger partial charge is 0.295 e. The van der Waals surface area contributed by atoms with Crippen LogP contribution in [0.15, 0.2) is 59.5 Å². The first-order valence-corrected chi connectivity index (χ1v) is 11.1. The van der Waals surface area contributed by atoms with Gasteiger partial charge in [0.15, 0.2) is 17.2 Å². The Morgan fingerprint density at radius 1 is 1.10 bits per heavy atom. The summed E-state index contributed by atoms with van der Waals surface area (Å²) >= 11 is 0. The van der Waals surface area contributed by atoms with E-state index in [4.69, 9.17) is 4.98 Å². The lowest BCUT2D eigenvalue weighted by Gasteiger charge is -2.07. The zero-order valence-corrected chi connectivity index (χ0v) is 17.8. The van der Waals surface area contributed by atoms with Crippen LogP contribution in [0.4, 0.5) is 5.82 Å². The van der Waals surface area contributed by atoms with Crippen molar-refractivity contribution in [3.63, 3.8) is 0 Å². The molecule has 154 valence electrons. The highest BCUT2D eigenvalue weighted by molar-refractivity contribution is 7.92. The second-order valence-electron chi connectivity index (χ2n) is 7.66. The number of carbonyl (C=O) groups excluding carboxylic acids is 1. The Morgan fingerprint density at radius 3 is 2.47 bits per heavy atom. The lowest BCUT2D eigenvalue weighted by Crippen LogP contribution is -2.14. The summed E-state index contributed by atoms with van der Waals surface area (Å²) in [5.41, 5.74) is 1.91. The lowest BCUT2D eigenvalue weighted by molar-refractivity contribution is 0.101. The van der Waals surface area contributed by atoms with Crippen molar-refractivity contribution in [2.24, 2.45) is 5.92 Å². The van der Waals surface area contributed by atoms with Crippen LogP contribution < -0.4 is 4.72 Å². The van der Waals surface area contributed by atoms with Crippen molar-refractivity contribution in [2.45, 2.75) is 32.2 Å². The fourth-order valence-corrected chi connectivity index (χ4v) is 4.32. The van der Waals surface area contributed by atoms with E-state index in [1.807, 2.05) is 30.3 Å². The second-order valence-corrected chi connectivity index (χ2v) is 9.35. The normalized spacial score (nSPS) is 12.0. The summed E-state index contributed by atoms with van der Waals surface area (Å²) in [7, 11) is -3.88. The van der Waals surface area contributed by atoms with Gasteiger partial charge in [-0.15, -0.1) is 0 Å². The first-order valence-electron chi connectivity index (χ1n) is 9.65. The molecule has 0 aliphatic carbocycles. The van der Waals surface area contributed by atoms with Crippen LogP contribution in [0.3, 0.4) is 0 Å². The molecule has 4 rings (SSSR count). The van der Waals surface area contributed by atoms with Crippen LogP contribution in [0.1, 0.15) is 31.1 Å². The van der Waals surface area contributed by atoms with E-state index in [2.05, 4.69) is 23.7 Å². The van der Waals surface area contributed by atoms with E-state index in [0.29, 0.717) is 29.1 Å². The van der Waals surface area contributed by atoms with Gasteiger partial charge in [0.2, 0.25) is 0 Å². The Hall–Kier alpha value is -3.26. The van der Waals surface area contributed by atoms with E-state index in [1.54, 1.807) is 4.68 Å². The third-order valence-electron chi connectivity index (χ3n) is 4.76. The Labute approximate surface area is 174 Å². The SMILES string of the molecule is CC(=O)c1ccc(S(=O)(=O)Nc2nn(CC(C)C)c3nc4ccccc4cc23)cc1. The van der Waals surface area contributed by atoms with Gasteiger partial charge in [-0.25, -0.2) is 18.1 Å². The maximum Gasteiger partial charge on any atom is 0.263 e. The number of nitrogens with one attached hydrogen (secondary N) is 1. The molecular weight excluding hydrogens is 400 g/mol. The number of pyridine rings is 1. The maximum absolute atomic E-state index is 13.0. The fraction of sp³-hybridized carbons (Fsp3) is 0.227. The topological polar surface area (TPSA) is 94.0 Å². The van der Waals surface area contributed by atoms with Crippen LogP contribution in [0.2, 0.25) is 0 Å². The van der Waals surface area contributed by atoms with E-state index in [0.717, 1.165) is 10.9 Å². The summed E-state index contributed by atoms with van der Waals surface area (Å²) in [6.07, 6.45) is 0. The van der Waals surface area contributed by atoms with Gasteiger partial charge in [0.05, 0.1) is 15.8 Å². The summed E-state index contributed by atoms with van der Waals surface area (Å²) in [5.74, 6) is 0.424. The number of rotatable bonds is 6. The standard InChI is InChI=1S/C22H22N4O3S/c1-14(2)13-26-22-19(12-17-6-4-5-7-20(17)23-22)21(24-26)25-30(28,29)18-10-8-16(9-11-18)15(3)27/h4-12,14H,13H2,1-3H3,(H,24,25). The molecule has 0 aliphatic rings. The van der Waals surface area contributed by atoms with Crippen molar-refractivity contribution in [1.29, 1.82) is 0 Å². The van der Waals surface area contributed by atoms with Crippen molar-refractivity contribution in [1.82, 2.24) is 14.8 Å². The van der Waals surface area contributed by atoms with Crippen LogP contribution in [0, 0.1) is 5.92 Å². The molecule has 30 heavy (non-hydrogen) atoms. The number of hydrogen-bond acceptors (Lipinski definition) is 5. The molecule has 0 saturated heterocycles. The third kappa shape index (κ3) is 3.78. The van der Waals surface area contributed by atoms with Gasteiger partial charge in [-0.3, -0.25) is 9.52 Å². The van der Waals surface area contributed by atoms with E-state index in [9.17, 15) is 13.2 Å². The van der Waals surface area contributed by atoms with Crippen molar-refractivity contribution < 1.29 is 13.2 Å². The highest BCUT2D eigenvalue weighted by atomic mass is 32.2. The van der Waals surface area contributed by atoms with Crippen molar-refractivity contribution in [3.05, 3.63) is 60.2 Å². The van der Waals surface area contributed by atoms with Gasteiger partial charge in [-0.2, -0.15) is 5.10 Å². The van der Waals surface area contributed by atoms with Gasteiger partial charge in [-0.05, 0) is 37.1 Å². The molecule has 2 heterocycles. The molecule has 0 fully saturated rings. The number of aromatic nitrogens is 3. The molecule has 8 heteroatoms. The number of para-hydroxylation sites is 1. The molecule has 4 aromatic rings. The Morgan fingerprint density at radius 2 is 1.80 bits per heavy atom. The van der Waals surface area contributed by atoms with E-state index in [1.165, 1.54) is 31.2 Å². The first kappa shape index (κ1) is 20.0. The highest BCUT2D eigenvalue weighted by Gasteiger charge is 2.21. The smallest absolute Gasteiger partial charge is 0.263 e. The van der Waals surface area contributed by atoms with Gasteiger partial charge < -0.3 is 0 Å². The van der Waals surface area contributed by atoms with E-state index < -0.39 is 10.0 Å². The number of hydrogen-bond donors (Lipinski definition) is 1. The third-order valence-corrected chi connectivity index (χ3v) is 6.12. The van der Waals surface area contributed by atoms with Gasteiger partial charge in [0, 0.05) is 17.5 Å². The average Bonchev–Trinajstić information content (AvgIpc) is 3.01. The molecule has 2 aromatic carbocycles. The summed E-state index contributed by atoms with van der Waals surface area (Å²) < 4.78 is 30.3. The summed E-state index contributed by atoms with van der Waals surface area (Å²) in [4.78, 5) is 16.2. The molecular formula is C22H22N4O3S. The van der Waals surface area contributed by atoms with Gasteiger partial charge in [-0.1, -0.05) is 44.2 Å². The molecule has 2 aromatic heterocycles. The van der Waals surface area contributed by atoms with Crippen molar-refractivity contribution in [2.75, 3.05) is 4.72 Å². The minimum atomic E-state index is -3.88. The minimum Gasteiger partial charge on any atom is -0.295 e. The molecule has 0 spiro atoms. The summed E-state index contributed by atoms with van der Waals surface area (Å²) in [6.45, 7) is 6.17. The minimum absolute atomic E-state index is 0.0628. The number of nitrogens with zero attached hydrogens (tertiary/aromatic N) is 3. The summed E-state index contributed by atoms with van der Waals surface area (Å²) in [6, 6.07) is 15.4. The molecule has 0 aliphatic heterocycles. The molecule has 1 N–H and O–H groups in total. The average molecular weight is 423 g/mol. The maximum atomic E-state index is 13.0. The fourth-order valence-electron chi connectivity index (χ4n) is 3.30. The monoisotopic (exact) mass is 422 g/mol. The predicted molar refractivity (Wildman–Crippen MR) is 117 cm³/mol.